The van der Waals surface area contributed by atoms with Gasteiger partial charge in [0.2, 0.25) is 0 Å². The molecule has 1 aromatic carbocycles. The lowest BCUT2D eigenvalue weighted by Gasteiger charge is -2.08. The van der Waals surface area contributed by atoms with Crippen molar-refractivity contribution in [2.45, 2.75) is 39.7 Å². The average molecular weight is 339 g/mol. The number of aromatic nitrogens is 1. The Bertz CT molecular complexity index is 711. The number of hydrogen-bond acceptors (Lipinski definition) is 3. The summed E-state index contributed by atoms with van der Waals surface area (Å²) in [7, 11) is 0. The van der Waals surface area contributed by atoms with Gasteiger partial charge in [-0.15, -0.1) is 0 Å². The molecule has 0 bridgehead atoms. The van der Waals surface area contributed by atoms with Gasteiger partial charge in [0.15, 0.2) is 0 Å². The zero-order chi connectivity index (χ0) is 18.1. The third-order valence-corrected chi connectivity index (χ3v) is 3.89. The highest BCUT2D eigenvalue weighted by molar-refractivity contribution is 5.98. The highest BCUT2D eigenvalue weighted by Crippen LogP contribution is 2.05. The molecule has 0 aliphatic carbocycles. The van der Waals surface area contributed by atoms with Gasteiger partial charge in [-0.3, -0.25) is 14.6 Å². The Hall–Kier alpha value is -2.69. The van der Waals surface area contributed by atoms with Crippen LogP contribution in [-0.2, 0) is 6.54 Å². The van der Waals surface area contributed by atoms with Gasteiger partial charge in [-0.25, -0.2) is 0 Å². The van der Waals surface area contributed by atoms with E-state index < -0.39 is 0 Å². The van der Waals surface area contributed by atoms with Gasteiger partial charge in [0, 0.05) is 24.8 Å². The van der Waals surface area contributed by atoms with Crippen molar-refractivity contribution >= 4 is 11.8 Å². The van der Waals surface area contributed by atoms with Gasteiger partial charge in [0.1, 0.15) is 5.69 Å². The van der Waals surface area contributed by atoms with Crippen molar-refractivity contribution in [1.82, 2.24) is 15.6 Å². The Labute approximate surface area is 148 Å². The van der Waals surface area contributed by atoms with Crippen LogP contribution in [0.25, 0.3) is 0 Å². The van der Waals surface area contributed by atoms with Crippen LogP contribution in [0.15, 0.2) is 42.6 Å². The molecular formula is C20H25N3O2. The van der Waals surface area contributed by atoms with Gasteiger partial charge >= 0.3 is 0 Å². The van der Waals surface area contributed by atoms with Crippen molar-refractivity contribution in [1.29, 1.82) is 0 Å². The van der Waals surface area contributed by atoms with Gasteiger partial charge < -0.3 is 10.6 Å². The predicted octanol–water partition coefficient (Wildman–Crippen LogP) is 3.24. The van der Waals surface area contributed by atoms with Crippen molar-refractivity contribution in [2.24, 2.45) is 0 Å². The molecule has 0 radical (unpaired) electrons. The van der Waals surface area contributed by atoms with E-state index in [1.54, 1.807) is 6.07 Å². The molecule has 2 N–H and O–H groups in total. The summed E-state index contributed by atoms with van der Waals surface area (Å²) in [5.41, 5.74) is 2.89. The first-order chi connectivity index (χ1) is 12.1. The summed E-state index contributed by atoms with van der Waals surface area (Å²) in [5.74, 6) is -0.465. The second kappa shape index (κ2) is 9.57. The first-order valence-electron chi connectivity index (χ1n) is 8.68. The maximum absolute atomic E-state index is 12.3. The molecule has 1 aromatic heterocycles. The van der Waals surface area contributed by atoms with Crippen LogP contribution < -0.4 is 10.6 Å². The SMILES string of the molecule is CCCCCNC(=O)c1ccnc(C(=O)NCc2ccc(C)cc2)c1. The van der Waals surface area contributed by atoms with Gasteiger partial charge in [-0.2, -0.15) is 0 Å². The summed E-state index contributed by atoms with van der Waals surface area (Å²) in [5, 5.41) is 5.69. The van der Waals surface area contributed by atoms with E-state index in [-0.39, 0.29) is 17.5 Å². The van der Waals surface area contributed by atoms with Gasteiger partial charge in [-0.1, -0.05) is 49.6 Å². The van der Waals surface area contributed by atoms with E-state index in [4.69, 9.17) is 0 Å². The number of pyridine rings is 1. The molecule has 5 nitrogen and oxygen atoms in total. The minimum Gasteiger partial charge on any atom is -0.352 e. The number of aryl methyl sites for hydroxylation is 1. The molecule has 1 heterocycles. The van der Waals surface area contributed by atoms with Crippen LogP contribution in [0.1, 0.15) is 58.2 Å². The van der Waals surface area contributed by atoms with Gasteiger partial charge in [-0.05, 0) is 31.0 Å². The van der Waals surface area contributed by atoms with Crippen LogP contribution in [0, 0.1) is 6.92 Å². The minimum atomic E-state index is -0.291. The largest absolute Gasteiger partial charge is 0.352 e. The molecule has 5 heteroatoms. The van der Waals surface area contributed by atoms with Crippen molar-refractivity contribution < 1.29 is 9.59 Å². The lowest BCUT2D eigenvalue weighted by Crippen LogP contribution is -2.26. The zero-order valence-corrected chi connectivity index (χ0v) is 14.8. The molecule has 25 heavy (non-hydrogen) atoms. The molecule has 0 saturated heterocycles. The third kappa shape index (κ3) is 6.03. The van der Waals surface area contributed by atoms with Crippen LogP contribution in [0.2, 0.25) is 0 Å². The first-order valence-corrected chi connectivity index (χ1v) is 8.68. The number of hydrogen-bond donors (Lipinski definition) is 2. The number of amides is 2. The third-order valence-electron chi connectivity index (χ3n) is 3.89. The normalized spacial score (nSPS) is 10.3. The van der Waals surface area contributed by atoms with Crippen molar-refractivity contribution in [3.05, 3.63) is 65.0 Å². The summed E-state index contributed by atoms with van der Waals surface area (Å²) in [4.78, 5) is 28.4. The fourth-order valence-corrected chi connectivity index (χ4v) is 2.35. The highest BCUT2D eigenvalue weighted by Gasteiger charge is 2.11. The van der Waals surface area contributed by atoms with Crippen molar-refractivity contribution in [2.75, 3.05) is 6.54 Å². The Kier molecular flexibility index (Phi) is 7.14. The Morgan fingerprint density at radius 1 is 1.00 bits per heavy atom. The number of nitrogens with zero attached hydrogens (tertiary/aromatic N) is 1. The first kappa shape index (κ1) is 18.6. The Morgan fingerprint density at radius 2 is 1.76 bits per heavy atom. The molecular weight excluding hydrogens is 314 g/mol. The molecule has 2 aromatic rings. The molecule has 0 unspecified atom stereocenters. The number of nitrogens with one attached hydrogen (secondary N) is 2. The van der Waals surface area contributed by atoms with Crippen LogP contribution in [-0.4, -0.2) is 23.3 Å². The summed E-state index contributed by atoms with van der Waals surface area (Å²) in [6.07, 6.45) is 4.64. The number of carbonyl (C=O) groups is 2. The fourth-order valence-electron chi connectivity index (χ4n) is 2.35. The smallest absolute Gasteiger partial charge is 0.270 e. The van der Waals surface area contributed by atoms with E-state index >= 15 is 0 Å². The van der Waals surface area contributed by atoms with Crippen LogP contribution in [0.5, 0.6) is 0 Å². The van der Waals surface area contributed by atoms with E-state index in [9.17, 15) is 9.59 Å². The maximum atomic E-state index is 12.3. The monoisotopic (exact) mass is 339 g/mol. The molecule has 132 valence electrons. The Morgan fingerprint density at radius 3 is 2.48 bits per heavy atom. The van der Waals surface area contributed by atoms with E-state index in [1.807, 2.05) is 31.2 Å². The lowest BCUT2D eigenvalue weighted by molar-refractivity contribution is 0.0946. The molecule has 0 spiro atoms. The standard InChI is InChI=1S/C20H25N3O2/c1-3-4-5-11-22-19(24)17-10-12-21-18(13-17)20(25)23-14-16-8-6-15(2)7-9-16/h6-10,12-13H,3-5,11,14H2,1-2H3,(H,22,24)(H,23,25). The van der Waals surface area contributed by atoms with Crippen molar-refractivity contribution in [3.63, 3.8) is 0 Å². The van der Waals surface area contributed by atoms with E-state index in [1.165, 1.54) is 17.8 Å². The number of benzene rings is 1. The molecule has 2 amide bonds. The Balaban J connectivity index is 1.91. The molecule has 0 fully saturated rings. The highest BCUT2D eigenvalue weighted by atomic mass is 16.2. The second-order valence-electron chi connectivity index (χ2n) is 6.06. The molecule has 0 atom stereocenters. The summed E-state index contributed by atoms with van der Waals surface area (Å²) in [6.45, 7) is 5.20. The van der Waals surface area contributed by atoms with E-state index in [0.717, 1.165) is 24.8 Å². The number of unbranched alkanes of at least 4 members (excludes halogenated alkanes) is 2. The van der Waals surface area contributed by atoms with Crippen LogP contribution in [0.4, 0.5) is 0 Å². The molecule has 2 rings (SSSR count). The fraction of sp³-hybridized carbons (Fsp3) is 0.350. The zero-order valence-electron chi connectivity index (χ0n) is 14.8. The van der Waals surface area contributed by atoms with Gasteiger partial charge in [0.05, 0.1) is 0 Å². The lowest BCUT2D eigenvalue weighted by atomic mass is 10.1. The van der Waals surface area contributed by atoms with E-state index in [2.05, 4.69) is 22.5 Å². The summed E-state index contributed by atoms with van der Waals surface area (Å²) in [6, 6.07) is 11.1. The summed E-state index contributed by atoms with van der Waals surface area (Å²) >= 11 is 0. The van der Waals surface area contributed by atoms with Crippen molar-refractivity contribution in [3.8, 4) is 0 Å². The number of carbonyl (C=O) groups excluding carboxylic acids is 2. The molecule has 0 saturated carbocycles. The summed E-state index contributed by atoms with van der Waals surface area (Å²) < 4.78 is 0. The minimum absolute atomic E-state index is 0.175. The van der Waals surface area contributed by atoms with Gasteiger partial charge in [0.25, 0.3) is 11.8 Å². The quantitative estimate of drug-likeness (QED) is 0.725. The maximum Gasteiger partial charge on any atom is 0.270 e. The van der Waals surface area contributed by atoms with E-state index in [0.29, 0.717) is 18.7 Å². The topological polar surface area (TPSA) is 71.1 Å². The average Bonchev–Trinajstić information content (AvgIpc) is 2.64. The molecule has 0 aliphatic rings. The predicted molar refractivity (Wildman–Crippen MR) is 98.4 cm³/mol. The van der Waals surface area contributed by atoms with Crippen LogP contribution in [0.3, 0.4) is 0 Å². The number of rotatable bonds is 8. The van der Waals surface area contributed by atoms with Crippen LogP contribution >= 0.6 is 0 Å². The second-order valence-corrected chi connectivity index (χ2v) is 6.06. The molecule has 0 aliphatic heterocycles.